The number of aryl methyl sites for hydroxylation is 3. The van der Waals surface area contributed by atoms with Crippen LogP contribution in [-0.2, 0) is 7.05 Å². The van der Waals surface area contributed by atoms with Crippen LogP contribution in [0.5, 0.6) is 0 Å². The summed E-state index contributed by atoms with van der Waals surface area (Å²) in [6.07, 6.45) is 1.85. The maximum absolute atomic E-state index is 7.39. The van der Waals surface area contributed by atoms with Gasteiger partial charge in [0.25, 0.3) is 0 Å². The number of rotatable bonds is 1. The average Bonchev–Trinajstić information content (AvgIpc) is 2.30. The average molecular weight is 200 g/mol. The number of benzene rings is 1. The largest absolute Gasteiger partial charge is 0.212 e. The summed E-state index contributed by atoms with van der Waals surface area (Å²) >= 11 is 0. The molecule has 0 N–H and O–H groups in total. The number of hydrogen-bond acceptors (Lipinski definition) is 0. The number of aromatic nitrogens is 1. The van der Waals surface area contributed by atoms with Crippen molar-refractivity contribution >= 4 is 0 Å². The summed E-state index contributed by atoms with van der Waals surface area (Å²) in [6.45, 7) is 1.16. The van der Waals surface area contributed by atoms with Crippen LogP contribution in [0.25, 0.3) is 11.3 Å². The van der Waals surface area contributed by atoms with Gasteiger partial charge in [0.2, 0.25) is 5.69 Å². The predicted octanol–water partition coefficient (Wildman–Crippen LogP) is 2.79. The van der Waals surface area contributed by atoms with Gasteiger partial charge in [0.15, 0.2) is 6.20 Å². The lowest BCUT2D eigenvalue weighted by Gasteiger charge is -2.03. The highest BCUT2D eigenvalue weighted by Gasteiger charge is 2.10. The molecule has 1 aromatic carbocycles. The highest BCUT2D eigenvalue weighted by atomic mass is 14.9. The van der Waals surface area contributed by atoms with Gasteiger partial charge in [-0.2, -0.15) is 0 Å². The van der Waals surface area contributed by atoms with Crippen molar-refractivity contribution in [2.24, 2.45) is 7.05 Å². The lowest BCUT2D eigenvalue weighted by atomic mass is 10.0. The number of pyridine rings is 1. The highest BCUT2D eigenvalue weighted by Crippen LogP contribution is 2.19. The van der Waals surface area contributed by atoms with E-state index in [2.05, 4.69) is 19.1 Å². The van der Waals surface area contributed by atoms with Crippen LogP contribution >= 0.6 is 0 Å². The zero-order valence-electron chi connectivity index (χ0n) is 11.1. The molecule has 0 radical (unpaired) electrons. The summed E-state index contributed by atoms with van der Waals surface area (Å²) in [4.78, 5) is 0. The molecule has 0 aliphatic rings. The quantitative estimate of drug-likeness (QED) is 0.623. The standard InChI is InChI=1S/C14H16N/c1-11-8-9-14(15(3)10-11)13-7-5-4-6-12(13)2/h4-10H,1-3H3/q+1/i1D2. The molecule has 1 aromatic heterocycles. The van der Waals surface area contributed by atoms with Gasteiger partial charge in [0.05, 0.1) is 0 Å². The zero-order valence-corrected chi connectivity index (χ0v) is 9.07. The van der Waals surface area contributed by atoms with Crippen molar-refractivity contribution in [3.05, 3.63) is 53.7 Å². The van der Waals surface area contributed by atoms with Gasteiger partial charge < -0.3 is 0 Å². The molecule has 1 nitrogen and oxygen atoms in total. The van der Waals surface area contributed by atoms with Gasteiger partial charge in [0.1, 0.15) is 7.05 Å². The van der Waals surface area contributed by atoms with Crippen LogP contribution in [0.3, 0.4) is 0 Å². The molecule has 1 heteroatoms. The summed E-state index contributed by atoms with van der Waals surface area (Å²) in [7, 11) is 1.95. The second-order valence-electron chi connectivity index (χ2n) is 3.77. The second-order valence-corrected chi connectivity index (χ2v) is 3.77. The Hall–Kier alpha value is -1.63. The molecule has 0 amide bonds. The van der Waals surface area contributed by atoms with Crippen LogP contribution in [0, 0.1) is 13.8 Å². The fourth-order valence-corrected chi connectivity index (χ4v) is 1.77. The summed E-state index contributed by atoms with van der Waals surface area (Å²) < 4.78 is 16.8. The Morgan fingerprint density at radius 3 is 2.60 bits per heavy atom. The molecule has 0 bridgehead atoms. The van der Waals surface area contributed by atoms with E-state index in [1.165, 1.54) is 11.1 Å². The molecule has 0 unspecified atom stereocenters. The third kappa shape index (κ3) is 1.91. The van der Waals surface area contributed by atoms with E-state index in [0.29, 0.717) is 5.56 Å². The van der Waals surface area contributed by atoms with E-state index >= 15 is 0 Å². The van der Waals surface area contributed by atoms with Gasteiger partial charge >= 0.3 is 0 Å². The normalized spacial score (nSPS) is 12.5. The van der Waals surface area contributed by atoms with Crippen molar-refractivity contribution in [3.63, 3.8) is 0 Å². The zero-order chi connectivity index (χ0) is 12.4. The van der Waals surface area contributed by atoms with Crippen molar-refractivity contribution in [2.75, 3.05) is 0 Å². The summed E-state index contributed by atoms with van der Waals surface area (Å²) in [5.41, 5.74) is 4.23. The summed E-state index contributed by atoms with van der Waals surface area (Å²) in [6, 6.07) is 12.1. The Morgan fingerprint density at radius 2 is 1.93 bits per heavy atom. The molecule has 0 aliphatic heterocycles. The van der Waals surface area contributed by atoms with Crippen LogP contribution in [0.4, 0.5) is 0 Å². The molecule has 0 atom stereocenters. The smallest absolute Gasteiger partial charge is 0.201 e. The fraction of sp³-hybridized carbons (Fsp3) is 0.214. The van der Waals surface area contributed by atoms with Gasteiger partial charge in [-0.05, 0) is 31.5 Å². The van der Waals surface area contributed by atoms with Crippen molar-refractivity contribution in [1.82, 2.24) is 0 Å². The Balaban J connectivity index is 2.51. The molecule has 0 aliphatic carbocycles. The third-order valence-electron chi connectivity index (χ3n) is 2.58. The Kier molecular flexibility index (Phi) is 1.96. The molecule has 0 saturated carbocycles. The highest BCUT2D eigenvalue weighted by molar-refractivity contribution is 5.60. The molecule has 0 spiro atoms. The summed E-state index contributed by atoms with van der Waals surface area (Å²) in [5.74, 6) is 0. The van der Waals surface area contributed by atoms with E-state index in [1.807, 2.05) is 42.1 Å². The molecule has 2 rings (SSSR count). The first kappa shape index (κ1) is 7.63. The van der Waals surface area contributed by atoms with Crippen molar-refractivity contribution in [2.45, 2.75) is 13.8 Å². The Labute approximate surface area is 93.8 Å². The van der Waals surface area contributed by atoms with E-state index in [-0.39, 0.29) is 0 Å². The summed E-state index contributed by atoms with van der Waals surface area (Å²) in [5, 5.41) is 0. The third-order valence-corrected chi connectivity index (χ3v) is 2.58. The molecule has 0 saturated heterocycles. The van der Waals surface area contributed by atoms with Crippen molar-refractivity contribution < 1.29 is 7.31 Å². The van der Waals surface area contributed by atoms with Crippen molar-refractivity contribution in [3.8, 4) is 11.3 Å². The van der Waals surface area contributed by atoms with Gasteiger partial charge in [-0.1, -0.05) is 18.2 Å². The van der Waals surface area contributed by atoms with E-state index in [1.54, 1.807) is 0 Å². The maximum atomic E-state index is 7.39. The molecule has 15 heavy (non-hydrogen) atoms. The SMILES string of the molecule is [2H]C([2H])c1ccc(-c2ccccc2C)[n+](C)c1. The topological polar surface area (TPSA) is 3.88 Å². The minimum atomic E-state index is -0.924. The maximum Gasteiger partial charge on any atom is 0.212 e. The second kappa shape index (κ2) is 3.85. The van der Waals surface area contributed by atoms with Crippen LogP contribution < -0.4 is 4.57 Å². The van der Waals surface area contributed by atoms with Crippen LogP contribution in [-0.4, -0.2) is 0 Å². The monoisotopic (exact) mass is 200 g/mol. The van der Waals surface area contributed by atoms with E-state index in [9.17, 15) is 0 Å². The lowest BCUT2D eigenvalue weighted by Crippen LogP contribution is -2.30. The molecule has 76 valence electrons. The number of nitrogens with zero attached hydrogens (tertiary/aromatic N) is 1. The predicted molar refractivity (Wildman–Crippen MR) is 62.5 cm³/mol. The molecular formula is C14H16N+. The minimum Gasteiger partial charge on any atom is -0.201 e. The van der Waals surface area contributed by atoms with Gasteiger partial charge in [0, 0.05) is 19.9 Å². The van der Waals surface area contributed by atoms with Crippen molar-refractivity contribution in [1.29, 1.82) is 0 Å². The van der Waals surface area contributed by atoms with E-state index < -0.39 is 6.88 Å². The lowest BCUT2D eigenvalue weighted by molar-refractivity contribution is -0.660. The Morgan fingerprint density at radius 1 is 1.13 bits per heavy atom. The number of hydrogen-bond donors (Lipinski definition) is 0. The van der Waals surface area contributed by atoms with E-state index in [0.717, 1.165) is 5.69 Å². The molecule has 2 aromatic rings. The van der Waals surface area contributed by atoms with E-state index in [4.69, 9.17) is 2.74 Å². The van der Waals surface area contributed by atoms with Crippen LogP contribution in [0.1, 0.15) is 13.9 Å². The first-order valence-electron chi connectivity index (χ1n) is 6.15. The fourth-order valence-electron chi connectivity index (χ4n) is 1.77. The molecule has 0 fully saturated rings. The van der Waals surface area contributed by atoms with Gasteiger partial charge in [-0.3, -0.25) is 0 Å². The first-order chi connectivity index (χ1) is 8.09. The Bertz CT molecular complexity index is 535. The minimum absolute atomic E-state index is 0.713. The van der Waals surface area contributed by atoms with Gasteiger partial charge in [-0.25, -0.2) is 4.57 Å². The van der Waals surface area contributed by atoms with Crippen LogP contribution in [0.15, 0.2) is 42.6 Å². The molecular weight excluding hydrogens is 182 g/mol. The van der Waals surface area contributed by atoms with Crippen LogP contribution in [0.2, 0.25) is 0 Å². The first-order valence-corrected chi connectivity index (χ1v) is 4.99. The van der Waals surface area contributed by atoms with Gasteiger partial charge in [-0.15, -0.1) is 0 Å². The molecule has 1 heterocycles.